The van der Waals surface area contributed by atoms with Gasteiger partial charge in [-0.3, -0.25) is 4.79 Å². The van der Waals surface area contributed by atoms with Crippen LogP contribution in [0.3, 0.4) is 0 Å². The minimum atomic E-state index is -0.290. The molecule has 0 radical (unpaired) electrons. The van der Waals surface area contributed by atoms with E-state index in [2.05, 4.69) is 24.5 Å². The van der Waals surface area contributed by atoms with E-state index in [1.807, 2.05) is 31.3 Å². The molecule has 0 spiro atoms. The summed E-state index contributed by atoms with van der Waals surface area (Å²) in [4.78, 5) is 12.1. The molecule has 0 aliphatic heterocycles. The topological polar surface area (TPSA) is 41.1 Å². The molecule has 1 aromatic rings. The van der Waals surface area contributed by atoms with Gasteiger partial charge in [0, 0.05) is 11.4 Å². The first kappa shape index (κ1) is 20.2. The van der Waals surface area contributed by atoms with Crippen LogP contribution < -0.4 is 10.6 Å². The van der Waals surface area contributed by atoms with Crippen LogP contribution in [-0.2, 0) is 10.3 Å². The Morgan fingerprint density at radius 3 is 2.24 bits per heavy atom. The Kier molecular flexibility index (Phi) is 9.67. The molecule has 5 heteroatoms. The Morgan fingerprint density at radius 2 is 1.76 bits per heavy atom. The molecule has 0 saturated carbocycles. The van der Waals surface area contributed by atoms with Crippen molar-refractivity contribution >= 4 is 29.9 Å². The maximum Gasteiger partial charge on any atom is 0.220 e. The van der Waals surface area contributed by atoms with Gasteiger partial charge in [-0.1, -0.05) is 37.6 Å². The third-order valence-corrected chi connectivity index (χ3v) is 4.07. The number of carbonyl (C=O) groups excluding carboxylic acids is 1. The molecule has 1 amide bonds. The molecule has 2 N–H and O–H groups in total. The third kappa shape index (κ3) is 5.85. The summed E-state index contributed by atoms with van der Waals surface area (Å²) >= 11 is 5.94. The second kappa shape index (κ2) is 10.0. The van der Waals surface area contributed by atoms with Crippen LogP contribution in [0.1, 0.15) is 45.1 Å². The molecule has 21 heavy (non-hydrogen) atoms. The zero-order chi connectivity index (χ0) is 15.0. The first-order valence-electron chi connectivity index (χ1n) is 7.29. The number of nitrogens with one attached hydrogen (secondary N) is 2. The molecular formula is C16H26Cl2N2O. The monoisotopic (exact) mass is 332 g/mol. The molecule has 0 saturated heterocycles. The van der Waals surface area contributed by atoms with Gasteiger partial charge in [0.15, 0.2) is 0 Å². The van der Waals surface area contributed by atoms with E-state index in [1.165, 1.54) is 0 Å². The van der Waals surface area contributed by atoms with Gasteiger partial charge < -0.3 is 10.6 Å². The fraction of sp³-hybridized carbons (Fsp3) is 0.562. The van der Waals surface area contributed by atoms with Crippen molar-refractivity contribution in [1.82, 2.24) is 10.6 Å². The highest BCUT2D eigenvalue weighted by Crippen LogP contribution is 2.29. The summed E-state index contributed by atoms with van der Waals surface area (Å²) in [5.74, 6) is 0.110. The lowest BCUT2D eigenvalue weighted by Gasteiger charge is -2.33. The molecule has 0 aliphatic rings. The van der Waals surface area contributed by atoms with E-state index in [-0.39, 0.29) is 23.9 Å². The van der Waals surface area contributed by atoms with Gasteiger partial charge in [0.1, 0.15) is 0 Å². The number of benzene rings is 1. The number of carbonyl (C=O) groups is 1. The summed E-state index contributed by atoms with van der Waals surface area (Å²) in [6, 6.07) is 7.76. The lowest BCUT2D eigenvalue weighted by molar-refractivity contribution is -0.123. The van der Waals surface area contributed by atoms with E-state index in [1.54, 1.807) is 0 Å². The number of amides is 1. The smallest absolute Gasteiger partial charge is 0.220 e. The molecule has 0 fully saturated rings. The van der Waals surface area contributed by atoms with Crippen molar-refractivity contribution < 1.29 is 4.79 Å². The average Bonchev–Trinajstić information content (AvgIpc) is 2.46. The molecule has 1 aromatic carbocycles. The fourth-order valence-electron chi connectivity index (χ4n) is 2.43. The van der Waals surface area contributed by atoms with Crippen molar-refractivity contribution in [3.05, 3.63) is 34.9 Å². The maximum atomic E-state index is 12.1. The van der Waals surface area contributed by atoms with Crippen LogP contribution in [0.15, 0.2) is 24.3 Å². The summed E-state index contributed by atoms with van der Waals surface area (Å²) in [7, 11) is 1.90. The molecule has 1 rings (SSSR count). The van der Waals surface area contributed by atoms with Gasteiger partial charge in [0.25, 0.3) is 0 Å². The molecule has 0 atom stereocenters. The van der Waals surface area contributed by atoms with E-state index < -0.39 is 0 Å². The normalized spacial score (nSPS) is 10.9. The summed E-state index contributed by atoms with van der Waals surface area (Å²) in [6.45, 7) is 5.07. The third-order valence-electron chi connectivity index (χ3n) is 3.81. The highest BCUT2D eigenvalue weighted by molar-refractivity contribution is 6.30. The van der Waals surface area contributed by atoms with Crippen molar-refractivity contribution in [3.63, 3.8) is 0 Å². The molecule has 0 bridgehead atoms. The SMILES string of the molecule is CCC(CC)(NC(=O)CCCNC)c1ccc(Cl)cc1.Cl. The number of rotatable bonds is 8. The summed E-state index contributed by atoms with van der Waals surface area (Å²) in [5, 5.41) is 6.99. The van der Waals surface area contributed by atoms with Gasteiger partial charge in [0.05, 0.1) is 5.54 Å². The molecule has 0 aliphatic carbocycles. The Morgan fingerprint density at radius 1 is 1.19 bits per heavy atom. The zero-order valence-corrected chi connectivity index (χ0v) is 14.6. The van der Waals surface area contributed by atoms with E-state index in [4.69, 9.17) is 11.6 Å². The average molecular weight is 333 g/mol. The van der Waals surface area contributed by atoms with Gasteiger partial charge >= 0.3 is 0 Å². The summed E-state index contributed by atoms with van der Waals surface area (Å²) < 4.78 is 0. The lowest BCUT2D eigenvalue weighted by Crippen LogP contribution is -2.45. The van der Waals surface area contributed by atoms with E-state index in [0.717, 1.165) is 36.4 Å². The highest BCUT2D eigenvalue weighted by Gasteiger charge is 2.29. The maximum absolute atomic E-state index is 12.1. The van der Waals surface area contributed by atoms with Crippen molar-refractivity contribution in [2.45, 2.75) is 45.1 Å². The number of hydrogen-bond acceptors (Lipinski definition) is 2. The van der Waals surface area contributed by atoms with Crippen LogP contribution in [0.2, 0.25) is 5.02 Å². The highest BCUT2D eigenvalue weighted by atomic mass is 35.5. The standard InChI is InChI=1S/C16H25ClN2O.ClH/c1-4-16(5-2,13-8-10-14(17)11-9-13)19-15(20)7-6-12-18-3;/h8-11,18H,4-7,12H2,1-3H3,(H,19,20);1H. The second-order valence-corrected chi connectivity index (χ2v) is 5.49. The zero-order valence-electron chi connectivity index (χ0n) is 13.0. The first-order chi connectivity index (χ1) is 9.57. The fourth-order valence-corrected chi connectivity index (χ4v) is 2.56. The van der Waals surface area contributed by atoms with Crippen LogP contribution in [-0.4, -0.2) is 19.5 Å². The Bertz CT molecular complexity index is 417. The van der Waals surface area contributed by atoms with Crippen LogP contribution in [0.4, 0.5) is 0 Å². The van der Waals surface area contributed by atoms with Gasteiger partial charge in [-0.2, -0.15) is 0 Å². The summed E-state index contributed by atoms with van der Waals surface area (Å²) in [5.41, 5.74) is 0.829. The van der Waals surface area contributed by atoms with Crippen LogP contribution in [0.5, 0.6) is 0 Å². The van der Waals surface area contributed by atoms with Crippen LogP contribution in [0, 0.1) is 0 Å². The van der Waals surface area contributed by atoms with Crippen molar-refractivity contribution in [3.8, 4) is 0 Å². The Balaban J connectivity index is 0.00000400. The quantitative estimate of drug-likeness (QED) is 0.709. The van der Waals surface area contributed by atoms with E-state index >= 15 is 0 Å². The van der Waals surface area contributed by atoms with Crippen LogP contribution >= 0.6 is 24.0 Å². The number of halogens is 2. The molecule has 3 nitrogen and oxygen atoms in total. The van der Waals surface area contributed by atoms with Crippen molar-refractivity contribution in [2.24, 2.45) is 0 Å². The molecule has 0 unspecified atom stereocenters. The van der Waals surface area contributed by atoms with Crippen LogP contribution in [0.25, 0.3) is 0 Å². The molecule has 120 valence electrons. The van der Waals surface area contributed by atoms with E-state index in [0.29, 0.717) is 6.42 Å². The lowest BCUT2D eigenvalue weighted by atomic mass is 9.84. The molecule has 0 aromatic heterocycles. The number of hydrogen-bond donors (Lipinski definition) is 2. The Hall–Kier alpha value is -0.770. The molecule has 0 heterocycles. The second-order valence-electron chi connectivity index (χ2n) is 5.05. The van der Waals surface area contributed by atoms with E-state index in [9.17, 15) is 4.79 Å². The minimum absolute atomic E-state index is 0. The summed E-state index contributed by atoms with van der Waals surface area (Å²) in [6.07, 6.45) is 3.13. The molecular weight excluding hydrogens is 307 g/mol. The van der Waals surface area contributed by atoms with Gasteiger partial charge in [-0.15, -0.1) is 12.4 Å². The predicted octanol–water partition coefficient (Wildman–Crippen LogP) is 3.89. The van der Waals surface area contributed by atoms with Crippen molar-refractivity contribution in [2.75, 3.05) is 13.6 Å². The first-order valence-corrected chi connectivity index (χ1v) is 7.67. The van der Waals surface area contributed by atoms with Gasteiger partial charge in [-0.25, -0.2) is 0 Å². The van der Waals surface area contributed by atoms with Gasteiger partial charge in [-0.05, 0) is 50.6 Å². The minimum Gasteiger partial charge on any atom is -0.347 e. The largest absolute Gasteiger partial charge is 0.347 e. The Labute approximate surface area is 139 Å². The van der Waals surface area contributed by atoms with Gasteiger partial charge in [0.2, 0.25) is 5.91 Å². The predicted molar refractivity (Wildman–Crippen MR) is 92.3 cm³/mol. The van der Waals surface area contributed by atoms with Crippen molar-refractivity contribution in [1.29, 1.82) is 0 Å².